The molecule has 118 valence electrons. The molecule has 0 unspecified atom stereocenters. The van der Waals surface area contributed by atoms with Crippen molar-refractivity contribution in [2.24, 2.45) is 0 Å². The molecule has 0 aromatic heterocycles. The first-order chi connectivity index (χ1) is 10.7. The maximum atomic E-state index is 11.9. The highest BCUT2D eigenvalue weighted by Crippen LogP contribution is 2.28. The van der Waals surface area contributed by atoms with Crippen molar-refractivity contribution in [1.29, 1.82) is 0 Å². The highest BCUT2D eigenvalue weighted by molar-refractivity contribution is 5.95. The number of hydrogen-bond acceptors (Lipinski definition) is 3. The molecular weight excluding hydrogens is 282 g/mol. The van der Waals surface area contributed by atoms with Crippen LogP contribution >= 0.6 is 0 Å². The summed E-state index contributed by atoms with van der Waals surface area (Å²) in [6, 6.07) is 5.68. The van der Waals surface area contributed by atoms with Gasteiger partial charge in [-0.2, -0.15) is 0 Å². The number of hydrogen-bond donors (Lipinski definition) is 3. The van der Waals surface area contributed by atoms with E-state index in [4.69, 9.17) is 4.74 Å². The molecule has 6 nitrogen and oxygen atoms in total. The molecule has 1 aliphatic heterocycles. The Balaban J connectivity index is 1.50. The van der Waals surface area contributed by atoms with Crippen molar-refractivity contribution < 1.29 is 14.3 Å². The maximum Gasteiger partial charge on any atom is 0.315 e. The van der Waals surface area contributed by atoms with Crippen LogP contribution in [0.25, 0.3) is 0 Å². The summed E-state index contributed by atoms with van der Waals surface area (Å²) in [5.41, 5.74) is 1.61. The molecule has 1 aromatic rings. The van der Waals surface area contributed by atoms with E-state index in [0.717, 1.165) is 18.4 Å². The minimum absolute atomic E-state index is 0.0338. The Morgan fingerprint density at radius 1 is 1.27 bits per heavy atom. The van der Waals surface area contributed by atoms with Crippen LogP contribution in [0.15, 0.2) is 18.2 Å². The molecule has 22 heavy (non-hydrogen) atoms. The van der Waals surface area contributed by atoms with Gasteiger partial charge in [-0.3, -0.25) is 4.79 Å². The summed E-state index contributed by atoms with van der Waals surface area (Å²) >= 11 is 0. The molecule has 1 heterocycles. The van der Waals surface area contributed by atoms with Gasteiger partial charge in [0.15, 0.2) is 6.61 Å². The minimum Gasteiger partial charge on any atom is -0.482 e. The molecule has 2 aliphatic rings. The molecule has 0 bridgehead atoms. The molecule has 0 radical (unpaired) electrons. The second-order valence-electron chi connectivity index (χ2n) is 5.83. The fourth-order valence-corrected chi connectivity index (χ4v) is 2.89. The van der Waals surface area contributed by atoms with Crippen molar-refractivity contribution in [1.82, 2.24) is 10.6 Å². The van der Waals surface area contributed by atoms with Gasteiger partial charge in [-0.1, -0.05) is 25.3 Å². The Bertz CT molecular complexity index is 568. The van der Waals surface area contributed by atoms with E-state index in [-0.39, 0.29) is 18.5 Å². The second kappa shape index (κ2) is 6.68. The number of fused-ring (bicyclic) bond motifs is 1. The fraction of sp³-hybridized carbons (Fsp3) is 0.500. The van der Waals surface area contributed by atoms with Gasteiger partial charge in [-0.25, -0.2) is 4.79 Å². The van der Waals surface area contributed by atoms with E-state index in [1.54, 1.807) is 6.07 Å². The van der Waals surface area contributed by atoms with Crippen molar-refractivity contribution >= 4 is 17.6 Å². The molecule has 1 saturated carbocycles. The van der Waals surface area contributed by atoms with Gasteiger partial charge in [0.25, 0.3) is 5.91 Å². The molecule has 3 amide bonds. The largest absolute Gasteiger partial charge is 0.482 e. The number of nitrogens with one attached hydrogen (secondary N) is 3. The van der Waals surface area contributed by atoms with Crippen LogP contribution in [0.2, 0.25) is 0 Å². The Labute approximate surface area is 129 Å². The number of amides is 3. The average molecular weight is 303 g/mol. The van der Waals surface area contributed by atoms with Gasteiger partial charge in [0, 0.05) is 12.6 Å². The predicted octanol–water partition coefficient (Wildman–Crippen LogP) is 2.15. The summed E-state index contributed by atoms with van der Waals surface area (Å²) < 4.78 is 5.36. The normalized spacial score (nSPS) is 17.9. The lowest BCUT2D eigenvalue weighted by molar-refractivity contribution is -0.118. The molecule has 1 fully saturated rings. The van der Waals surface area contributed by atoms with Crippen molar-refractivity contribution in [3.05, 3.63) is 23.8 Å². The molecule has 3 rings (SSSR count). The van der Waals surface area contributed by atoms with Gasteiger partial charge in [0.05, 0.1) is 5.69 Å². The number of ether oxygens (including phenoxy) is 1. The Morgan fingerprint density at radius 2 is 2.09 bits per heavy atom. The lowest BCUT2D eigenvalue weighted by Gasteiger charge is -2.23. The smallest absolute Gasteiger partial charge is 0.315 e. The zero-order valence-electron chi connectivity index (χ0n) is 12.5. The molecule has 0 atom stereocenters. The highest BCUT2D eigenvalue weighted by atomic mass is 16.5. The van der Waals surface area contributed by atoms with E-state index < -0.39 is 0 Å². The van der Waals surface area contributed by atoms with Crippen LogP contribution in [-0.2, 0) is 11.3 Å². The Kier molecular flexibility index (Phi) is 4.46. The van der Waals surface area contributed by atoms with Gasteiger partial charge in [-0.15, -0.1) is 0 Å². The standard InChI is InChI=1S/C16H21N3O3/c20-15-10-22-14-8-11(6-7-13(14)19-15)9-17-16(21)18-12-4-2-1-3-5-12/h6-8,12H,1-5,9-10H2,(H,19,20)(H2,17,18,21). The third kappa shape index (κ3) is 3.69. The van der Waals surface area contributed by atoms with E-state index in [1.165, 1.54) is 19.3 Å². The van der Waals surface area contributed by atoms with E-state index in [1.807, 2.05) is 12.1 Å². The van der Waals surface area contributed by atoms with Crippen LogP contribution in [-0.4, -0.2) is 24.6 Å². The lowest BCUT2D eigenvalue weighted by atomic mass is 9.96. The predicted molar refractivity (Wildman–Crippen MR) is 82.8 cm³/mol. The second-order valence-corrected chi connectivity index (χ2v) is 5.83. The van der Waals surface area contributed by atoms with E-state index in [2.05, 4.69) is 16.0 Å². The number of carbonyl (C=O) groups is 2. The van der Waals surface area contributed by atoms with Crippen LogP contribution < -0.4 is 20.7 Å². The van der Waals surface area contributed by atoms with Gasteiger partial charge >= 0.3 is 6.03 Å². The van der Waals surface area contributed by atoms with E-state index in [0.29, 0.717) is 24.0 Å². The third-order valence-electron chi connectivity index (χ3n) is 4.07. The minimum atomic E-state index is -0.148. The van der Waals surface area contributed by atoms with Crippen molar-refractivity contribution in [2.45, 2.75) is 44.7 Å². The third-order valence-corrected chi connectivity index (χ3v) is 4.07. The van der Waals surface area contributed by atoms with Gasteiger partial charge in [-0.05, 0) is 30.5 Å². The number of urea groups is 1. The first kappa shape index (κ1) is 14.7. The average Bonchev–Trinajstić information content (AvgIpc) is 2.54. The SMILES string of the molecule is O=C1COc2cc(CNC(=O)NC3CCCCC3)ccc2N1. The lowest BCUT2D eigenvalue weighted by Crippen LogP contribution is -2.42. The zero-order chi connectivity index (χ0) is 15.4. The molecular formula is C16H21N3O3. The van der Waals surface area contributed by atoms with Crippen molar-refractivity contribution in [3.8, 4) is 5.75 Å². The summed E-state index contributed by atoms with van der Waals surface area (Å²) in [5, 5.41) is 8.63. The van der Waals surface area contributed by atoms with Crippen LogP contribution in [0, 0.1) is 0 Å². The van der Waals surface area contributed by atoms with Gasteiger partial charge < -0.3 is 20.7 Å². The fourth-order valence-electron chi connectivity index (χ4n) is 2.89. The number of rotatable bonds is 3. The molecule has 6 heteroatoms. The first-order valence-corrected chi connectivity index (χ1v) is 7.80. The van der Waals surface area contributed by atoms with Crippen molar-refractivity contribution in [2.75, 3.05) is 11.9 Å². The van der Waals surface area contributed by atoms with E-state index in [9.17, 15) is 9.59 Å². The van der Waals surface area contributed by atoms with Crippen LogP contribution in [0.1, 0.15) is 37.7 Å². The monoisotopic (exact) mass is 303 g/mol. The molecule has 1 aliphatic carbocycles. The molecule has 1 aromatic carbocycles. The topological polar surface area (TPSA) is 79.5 Å². The molecule has 3 N–H and O–H groups in total. The van der Waals surface area contributed by atoms with Crippen LogP contribution in [0.4, 0.5) is 10.5 Å². The van der Waals surface area contributed by atoms with Crippen molar-refractivity contribution in [3.63, 3.8) is 0 Å². The summed E-state index contributed by atoms with van der Waals surface area (Å²) in [5.74, 6) is 0.497. The number of benzene rings is 1. The number of carbonyl (C=O) groups excluding carboxylic acids is 2. The van der Waals surface area contributed by atoms with Crippen LogP contribution in [0.3, 0.4) is 0 Å². The Hall–Kier alpha value is -2.24. The summed E-state index contributed by atoms with van der Waals surface area (Å²) in [7, 11) is 0. The van der Waals surface area contributed by atoms with Crippen LogP contribution in [0.5, 0.6) is 5.75 Å². The Morgan fingerprint density at radius 3 is 2.91 bits per heavy atom. The molecule has 0 saturated heterocycles. The van der Waals surface area contributed by atoms with Gasteiger partial charge in [0.1, 0.15) is 5.75 Å². The van der Waals surface area contributed by atoms with Gasteiger partial charge in [0.2, 0.25) is 0 Å². The summed E-state index contributed by atoms with van der Waals surface area (Å²) in [6.45, 7) is 0.467. The first-order valence-electron chi connectivity index (χ1n) is 7.80. The summed E-state index contributed by atoms with van der Waals surface area (Å²) in [4.78, 5) is 23.1. The highest BCUT2D eigenvalue weighted by Gasteiger charge is 2.17. The van der Waals surface area contributed by atoms with E-state index >= 15 is 0 Å². The summed E-state index contributed by atoms with van der Waals surface area (Å²) in [6.07, 6.45) is 5.79. The zero-order valence-corrected chi connectivity index (χ0v) is 12.5. The maximum absolute atomic E-state index is 11.9. The number of anilines is 1. The quantitative estimate of drug-likeness (QED) is 0.800. The molecule has 0 spiro atoms.